The number of hydrogen-bond acceptors (Lipinski definition) is 3. The summed E-state index contributed by atoms with van der Waals surface area (Å²) >= 11 is 0. The van der Waals surface area contributed by atoms with E-state index in [1.54, 1.807) is 0 Å². The Labute approximate surface area is 116 Å². The van der Waals surface area contributed by atoms with E-state index in [1.165, 1.54) is 0 Å². The van der Waals surface area contributed by atoms with Crippen LogP contribution in [-0.2, 0) is 11.2 Å². The van der Waals surface area contributed by atoms with Gasteiger partial charge in [-0.1, -0.05) is 0 Å². The summed E-state index contributed by atoms with van der Waals surface area (Å²) in [5, 5.41) is 2.91. The average molecular weight is 263 g/mol. The van der Waals surface area contributed by atoms with Gasteiger partial charge >= 0.3 is 0 Å². The van der Waals surface area contributed by atoms with E-state index in [0.717, 1.165) is 30.9 Å². The van der Waals surface area contributed by atoms with Gasteiger partial charge in [-0.2, -0.15) is 0 Å². The van der Waals surface area contributed by atoms with Gasteiger partial charge in [0, 0.05) is 31.7 Å². The van der Waals surface area contributed by atoms with Crippen molar-refractivity contribution >= 4 is 11.7 Å². The maximum atomic E-state index is 11.6. The van der Waals surface area contributed by atoms with Gasteiger partial charge in [0.15, 0.2) is 0 Å². The molecule has 1 aromatic heterocycles. The summed E-state index contributed by atoms with van der Waals surface area (Å²) in [4.78, 5) is 18.2. The molecule has 0 fully saturated rings. The van der Waals surface area contributed by atoms with Crippen LogP contribution in [0.4, 0.5) is 5.82 Å². The van der Waals surface area contributed by atoms with Crippen molar-refractivity contribution in [2.45, 2.75) is 46.6 Å². The predicted octanol–water partition coefficient (Wildman–Crippen LogP) is 2.39. The number of nitrogens with one attached hydrogen (secondary N) is 1. The fourth-order valence-corrected chi connectivity index (χ4v) is 1.99. The van der Waals surface area contributed by atoms with E-state index in [-0.39, 0.29) is 11.9 Å². The average Bonchev–Trinajstić information content (AvgIpc) is 2.38. The van der Waals surface area contributed by atoms with Gasteiger partial charge in [0.1, 0.15) is 5.82 Å². The minimum Gasteiger partial charge on any atom is -0.357 e. The van der Waals surface area contributed by atoms with Crippen molar-refractivity contribution in [1.29, 1.82) is 0 Å². The molecule has 106 valence electrons. The zero-order valence-corrected chi connectivity index (χ0v) is 12.4. The molecule has 19 heavy (non-hydrogen) atoms. The molecule has 0 saturated carbocycles. The highest BCUT2D eigenvalue weighted by Gasteiger charge is 2.07. The molecule has 0 aliphatic carbocycles. The first-order chi connectivity index (χ1) is 9.06. The van der Waals surface area contributed by atoms with Crippen LogP contribution in [0.2, 0.25) is 0 Å². The predicted molar refractivity (Wildman–Crippen MR) is 79.4 cm³/mol. The molecule has 0 saturated heterocycles. The summed E-state index contributed by atoms with van der Waals surface area (Å²) < 4.78 is 0. The van der Waals surface area contributed by atoms with Crippen LogP contribution in [0.3, 0.4) is 0 Å². The fourth-order valence-electron chi connectivity index (χ4n) is 1.99. The Balaban J connectivity index is 2.59. The second kappa shape index (κ2) is 7.77. The maximum absolute atomic E-state index is 11.6. The highest BCUT2D eigenvalue weighted by molar-refractivity contribution is 5.76. The zero-order chi connectivity index (χ0) is 14.3. The van der Waals surface area contributed by atoms with Gasteiger partial charge in [-0.15, -0.1) is 0 Å². The lowest BCUT2D eigenvalue weighted by atomic mass is 10.1. The number of anilines is 1. The standard InChI is InChI=1S/C15H25N3O/c1-5-18(6-2)14-11-13(9-10-16-14)7-8-15(19)17-12(3)4/h9-12H,5-8H2,1-4H3,(H,17,19). The van der Waals surface area contributed by atoms with Gasteiger partial charge < -0.3 is 10.2 Å². The van der Waals surface area contributed by atoms with Crippen LogP contribution in [0, 0.1) is 0 Å². The van der Waals surface area contributed by atoms with Crippen molar-refractivity contribution in [2.24, 2.45) is 0 Å². The van der Waals surface area contributed by atoms with Crippen molar-refractivity contribution in [3.05, 3.63) is 23.9 Å². The number of amides is 1. The normalized spacial score (nSPS) is 10.6. The zero-order valence-electron chi connectivity index (χ0n) is 12.4. The first-order valence-corrected chi connectivity index (χ1v) is 7.06. The SMILES string of the molecule is CCN(CC)c1cc(CCC(=O)NC(C)C)ccn1. The minimum absolute atomic E-state index is 0.108. The molecule has 1 aromatic rings. The number of carbonyl (C=O) groups excluding carboxylic acids is 1. The Hall–Kier alpha value is -1.58. The number of aryl methyl sites for hydroxylation is 1. The number of carbonyl (C=O) groups is 1. The Morgan fingerprint density at radius 3 is 2.63 bits per heavy atom. The quantitative estimate of drug-likeness (QED) is 0.821. The maximum Gasteiger partial charge on any atom is 0.220 e. The largest absolute Gasteiger partial charge is 0.357 e. The molecule has 1 N–H and O–H groups in total. The van der Waals surface area contributed by atoms with Crippen LogP contribution < -0.4 is 10.2 Å². The third-order valence-corrected chi connectivity index (χ3v) is 2.99. The molecule has 1 amide bonds. The van der Waals surface area contributed by atoms with E-state index in [1.807, 2.05) is 26.1 Å². The van der Waals surface area contributed by atoms with Crippen molar-refractivity contribution in [3.8, 4) is 0 Å². The Morgan fingerprint density at radius 2 is 2.05 bits per heavy atom. The highest BCUT2D eigenvalue weighted by Crippen LogP contribution is 2.13. The van der Waals surface area contributed by atoms with Gasteiger partial charge in [0.25, 0.3) is 0 Å². The summed E-state index contributed by atoms with van der Waals surface area (Å²) in [6.45, 7) is 10.1. The second-order valence-corrected chi connectivity index (χ2v) is 4.92. The lowest BCUT2D eigenvalue weighted by molar-refractivity contribution is -0.121. The molecule has 0 aliphatic heterocycles. The lowest BCUT2D eigenvalue weighted by Gasteiger charge is -2.20. The molecule has 0 aromatic carbocycles. The van der Waals surface area contributed by atoms with E-state index >= 15 is 0 Å². The van der Waals surface area contributed by atoms with Crippen LogP contribution in [0.1, 0.15) is 39.7 Å². The number of aromatic nitrogens is 1. The summed E-state index contributed by atoms with van der Waals surface area (Å²) in [6.07, 6.45) is 3.11. The van der Waals surface area contributed by atoms with Crippen LogP contribution in [0.25, 0.3) is 0 Å². The number of nitrogens with zero attached hydrogens (tertiary/aromatic N) is 2. The lowest BCUT2D eigenvalue weighted by Crippen LogP contribution is -2.30. The Kier molecular flexibility index (Phi) is 6.33. The summed E-state index contributed by atoms with van der Waals surface area (Å²) in [5.74, 6) is 1.10. The summed E-state index contributed by atoms with van der Waals surface area (Å²) in [6, 6.07) is 4.27. The van der Waals surface area contributed by atoms with Crippen molar-refractivity contribution in [3.63, 3.8) is 0 Å². The summed E-state index contributed by atoms with van der Waals surface area (Å²) in [7, 11) is 0. The molecule has 0 spiro atoms. The van der Waals surface area contributed by atoms with Crippen molar-refractivity contribution in [2.75, 3.05) is 18.0 Å². The molecule has 0 atom stereocenters. The number of pyridine rings is 1. The summed E-state index contributed by atoms with van der Waals surface area (Å²) in [5.41, 5.74) is 1.16. The Morgan fingerprint density at radius 1 is 1.37 bits per heavy atom. The second-order valence-electron chi connectivity index (χ2n) is 4.92. The fraction of sp³-hybridized carbons (Fsp3) is 0.600. The molecule has 0 unspecified atom stereocenters. The smallest absolute Gasteiger partial charge is 0.220 e. The van der Waals surface area contributed by atoms with E-state index in [2.05, 4.69) is 35.1 Å². The first-order valence-electron chi connectivity index (χ1n) is 7.06. The van der Waals surface area contributed by atoms with Crippen LogP contribution in [0.15, 0.2) is 18.3 Å². The monoisotopic (exact) mass is 263 g/mol. The van der Waals surface area contributed by atoms with Crippen LogP contribution in [0.5, 0.6) is 0 Å². The molecule has 4 nitrogen and oxygen atoms in total. The molecule has 0 bridgehead atoms. The minimum atomic E-state index is 0.108. The number of rotatable bonds is 7. The molecule has 1 rings (SSSR count). The van der Waals surface area contributed by atoms with Crippen molar-refractivity contribution in [1.82, 2.24) is 10.3 Å². The van der Waals surface area contributed by atoms with Crippen LogP contribution >= 0.6 is 0 Å². The van der Waals surface area contributed by atoms with Crippen LogP contribution in [-0.4, -0.2) is 30.0 Å². The molecule has 0 aliphatic rings. The van der Waals surface area contributed by atoms with Gasteiger partial charge in [-0.25, -0.2) is 4.98 Å². The Bertz CT molecular complexity index is 400. The topological polar surface area (TPSA) is 45.2 Å². The van der Waals surface area contributed by atoms with Gasteiger partial charge in [0.2, 0.25) is 5.91 Å². The molecule has 4 heteroatoms. The van der Waals surface area contributed by atoms with E-state index in [9.17, 15) is 4.79 Å². The molecule has 1 heterocycles. The van der Waals surface area contributed by atoms with Crippen molar-refractivity contribution < 1.29 is 4.79 Å². The van der Waals surface area contributed by atoms with E-state index in [0.29, 0.717) is 6.42 Å². The van der Waals surface area contributed by atoms with Gasteiger partial charge in [-0.05, 0) is 51.8 Å². The third-order valence-electron chi connectivity index (χ3n) is 2.99. The highest BCUT2D eigenvalue weighted by atomic mass is 16.1. The van der Waals surface area contributed by atoms with Gasteiger partial charge in [-0.3, -0.25) is 4.79 Å². The van der Waals surface area contributed by atoms with E-state index < -0.39 is 0 Å². The van der Waals surface area contributed by atoms with E-state index in [4.69, 9.17) is 0 Å². The number of hydrogen-bond donors (Lipinski definition) is 1. The molecular weight excluding hydrogens is 238 g/mol. The first kappa shape index (κ1) is 15.5. The van der Waals surface area contributed by atoms with Gasteiger partial charge in [0.05, 0.1) is 0 Å². The molecule has 0 radical (unpaired) electrons. The third kappa shape index (κ3) is 5.28. The molecular formula is C15H25N3O.